The van der Waals surface area contributed by atoms with Crippen molar-refractivity contribution in [3.8, 4) is 0 Å². The molecule has 1 aliphatic heterocycles. The number of nitrogens with zero attached hydrogens (tertiary/aromatic N) is 3. The first-order valence-electron chi connectivity index (χ1n) is 12.2. The molecule has 9 heteroatoms. The molecule has 1 saturated carbocycles. The van der Waals surface area contributed by atoms with Crippen molar-refractivity contribution in [3.05, 3.63) is 24.0 Å². The van der Waals surface area contributed by atoms with E-state index in [9.17, 15) is 13.2 Å². The minimum absolute atomic E-state index is 0.0697. The molecule has 1 amide bonds. The summed E-state index contributed by atoms with van der Waals surface area (Å²) in [5.74, 6) is 1.66. The predicted octanol–water partition coefficient (Wildman–Crippen LogP) is 3.09. The summed E-state index contributed by atoms with van der Waals surface area (Å²) in [6.07, 6.45) is 6.31. The molecule has 0 atom stereocenters. The third-order valence-corrected chi connectivity index (χ3v) is 8.71. The van der Waals surface area contributed by atoms with Crippen LogP contribution >= 0.6 is 0 Å². The molecule has 1 saturated heterocycles. The summed E-state index contributed by atoms with van der Waals surface area (Å²) < 4.78 is 35.0. The molecule has 2 aliphatic rings. The zero-order valence-electron chi connectivity index (χ0n) is 19.8. The van der Waals surface area contributed by atoms with Gasteiger partial charge in [-0.15, -0.1) is 0 Å². The van der Waals surface area contributed by atoms with Crippen molar-refractivity contribution in [2.45, 2.75) is 76.3 Å². The second-order valence-electron chi connectivity index (χ2n) is 9.37. The van der Waals surface area contributed by atoms with E-state index in [1.165, 1.54) is 17.1 Å². The van der Waals surface area contributed by atoms with E-state index >= 15 is 0 Å². The van der Waals surface area contributed by atoms with Gasteiger partial charge in [0, 0.05) is 38.5 Å². The summed E-state index contributed by atoms with van der Waals surface area (Å²) in [6.45, 7) is 6.72. The monoisotopic (exact) mass is 476 g/mol. The van der Waals surface area contributed by atoms with Crippen molar-refractivity contribution < 1.29 is 17.9 Å². The van der Waals surface area contributed by atoms with Crippen LogP contribution in [0.1, 0.15) is 58.2 Å². The van der Waals surface area contributed by atoms with Gasteiger partial charge >= 0.3 is 0 Å². The molecule has 2 fully saturated rings. The number of morpholine rings is 1. The van der Waals surface area contributed by atoms with Crippen molar-refractivity contribution in [2.75, 3.05) is 26.3 Å². The summed E-state index contributed by atoms with van der Waals surface area (Å²) in [4.78, 5) is 17.6. The Kier molecular flexibility index (Phi) is 7.71. The first-order valence-corrected chi connectivity index (χ1v) is 13.7. The van der Waals surface area contributed by atoms with E-state index in [4.69, 9.17) is 9.72 Å². The summed E-state index contributed by atoms with van der Waals surface area (Å²) in [6, 6.07) is 5.47. The zero-order valence-corrected chi connectivity index (χ0v) is 20.6. The van der Waals surface area contributed by atoms with Gasteiger partial charge in [-0.25, -0.2) is 13.4 Å². The zero-order chi connectivity index (χ0) is 23.4. The quantitative estimate of drug-likeness (QED) is 0.632. The fourth-order valence-corrected chi connectivity index (χ4v) is 6.28. The van der Waals surface area contributed by atoms with Crippen molar-refractivity contribution >= 4 is 27.0 Å². The Morgan fingerprint density at radius 2 is 1.91 bits per heavy atom. The number of sulfonamides is 1. The summed E-state index contributed by atoms with van der Waals surface area (Å²) in [7, 11) is -3.58. The molecule has 1 N–H and O–H groups in total. The van der Waals surface area contributed by atoms with E-state index in [1.807, 2.05) is 6.07 Å². The van der Waals surface area contributed by atoms with Crippen molar-refractivity contribution in [3.63, 3.8) is 0 Å². The second kappa shape index (κ2) is 10.5. The van der Waals surface area contributed by atoms with Gasteiger partial charge in [-0.2, -0.15) is 4.31 Å². The molecule has 4 rings (SSSR count). The lowest BCUT2D eigenvalue weighted by Crippen LogP contribution is -2.40. The number of hydrogen-bond acceptors (Lipinski definition) is 5. The van der Waals surface area contributed by atoms with E-state index in [-0.39, 0.29) is 16.8 Å². The maximum Gasteiger partial charge on any atom is 0.243 e. The highest BCUT2D eigenvalue weighted by Crippen LogP contribution is 2.25. The lowest BCUT2D eigenvalue weighted by molar-refractivity contribution is -0.122. The molecule has 1 aromatic carbocycles. The van der Waals surface area contributed by atoms with E-state index in [2.05, 4.69) is 23.7 Å². The topological polar surface area (TPSA) is 93.5 Å². The predicted molar refractivity (Wildman–Crippen MR) is 127 cm³/mol. The maximum atomic E-state index is 13.1. The van der Waals surface area contributed by atoms with Crippen LogP contribution in [0.4, 0.5) is 0 Å². The number of rotatable bonds is 8. The van der Waals surface area contributed by atoms with Crippen molar-refractivity contribution in [2.24, 2.45) is 5.92 Å². The van der Waals surface area contributed by atoms with Gasteiger partial charge < -0.3 is 14.6 Å². The molecule has 2 aromatic rings. The number of carbonyl (C=O) groups excluding carboxylic acids is 1. The molecule has 1 aromatic heterocycles. The van der Waals surface area contributed by atoms with Crippen LogP contribution in [-0.2, 0) is 32.5 Å². The number of amides is 1. The summed E-state index contributed by atoms with van der Waals surface area (Å²) in [5, 5.41) is 3.19. The normalized spacial score (nSPS) is 22.5. The fourth-order valence-electron chi connectivity index (χ4n) is 4.85. The molecule has 0 unspecified atom stereocenters. The smallest absolute Gasteiger partial charge is 0.243 e. The van der Waals surface area contributed by atoms with Crippen LogP contribution < -0.4 is 5.32 Å². The number of imidazole rings is 1. The van der Waals surface area contributed by atoms with Crippen LogP contribution in [0.2, 0.25) is 0 Å². The van der Waals surface area contributed by atoms with Crippen LogP contribution in [0.15, 0.2) is 23.1 Å². The largest absolute Gasteiger partial charge is 0.379 e. The molecular weight excluding hydrogens is 440 g/mol. The maximum absolute atomic E-state index is 13.1. The number of benzene rings is 1. The number of aromatic nitrogens is 2. The van der Waals surface area contributed by atoms with Gasteiger partial charge in [0.05, 0.1) is 29.1 Å². The number of ether oxygens (including phenoxy) is 1. The van der Waals surface area contributed by atoms with Gasteiger partial charge in [-0.05, 0) is 56.2 Å². The molecule has 1 aliphatic carbocycles. The molecule has 0 radical (unpaired) electrons. The van der Waals surface area contributed by atoms with Crippen LogP contribution in [-0.4, -0.2) is 60.5 Å². The van der Waals surface area contributed by atoms with Crippen LogP contribution in [0.5, 0.6) is 0 Å². The molecule has 8 nitrogen and oxygen atoms in total. The number of carbonyl (C=O) groups is 1. The van der Waals surface area contributed by atoms with E-state index < -0.39 is 10.0 Å². The second-order valence-corrected chi connectivity index (χ2v) is 11.3. The third-order valence-electron chi connectivity index (χ3n) is 6.81. The van der Waals surface area contributed by atoms with Crippen molar-refractivity contribution in [1.29, 1.82) is 0 Å². The van der Waals surface area contributed by atoms with Crippen LogP contribution in [0.3, 0.4) is 0 Å². The average Bonchev–Trinajstić information content (AvgIpc) is 3.17. The molecular formula is C24H36N4O4S. The fraction of sp³-hybridized carbons (Fsp3) is 0.667. The SMILES string of the molecule is CCCn1c(CCC(=O)NC2CCC(C)CC2)nc2cc(S(=O)(=O)N3CCOCC3)ccc21. The minimum Gasteiger partial charge on any atom is -0.379 e. The van der Waals surface area contributed by atoms with Gasteiger partial charge in [-0.3, -0.25) is 4.79 Å². The molecule has 182 valence electrons. The average molecular weight is 477 g/mol. The standard InChI is InChI=1S/C24H36N4O4S/c1-3-12-28-22-9-8-20(33(30,31)27-13-15-32-16-14-27)17-21(22)26-23(28)10-11-24(29)25-19-6-4-18(2)5-7-19/h8-9,17-19H,3-7,10-16H2,1-2H3,(H,25,29). The van der Waals surface area contributed by atoms with Gasteiger partial charge in [-0.1, -0.05) is 13.8 Å². The molecule has 0 spiro atoms. The summed E-state index contributed by atoms with van der Waals surface area (Å²) >= 11 is 0. The number of aryl methyl sites for hydroxylation is 2. The Morgan fingerprint density at radius 3 is 2.61 bits per heavy atom. The summed E-state index contributed by atoms with van der Waals surface area (Å²) in [5.41, 5.74) is 1.57. The Bertz CT molecular complexity index is 1070. The lowest BCUT2D eigenvalue weighted by atomic mass is 9.87. The molecule has 0 bridgehead atoms. The minimum atomic E-state index is -3.58. The van der Waals surface area contributed by atoms with Gasteiger partial charge in [0.1, 0.15) is 5.82 Å². The van der Waals surface area contributed by atoms with Crippen molar-refractivity contribution in [1.82, 2.24) is 19.2 Å². The highest BCUT2D eigenvalue weighted by molar-refractivity contribution is 7.89. The van der Waals surface area contributed by atoms with E-state index in [1.54, 1.807) is 12.1 Å². The Labute approximate surface area is 196 Å². The first kappa shape index (κ1) is 24.2. The third kappa shape index (κ3) is 5.58. The van der Waals surface area contributed by atoms with Gasteiger partial charge in [0.2, 0.25) is 15.9 Å². The Hall–Kier alpha value is -1.97. The Morgan fingerprint density at radius 1 is 1.18 bits per heavy atom. The highest BCUT2D eigenvalue weighted by atomic mass is 32.2. The Balaban J connectivity index is 1.49. The highest BCUT2D eigenvalue weighted by Gasteiger charge is 2.27. The van der Waals surface area contributed by atoms with Crippen LogP contribution in [0.25, 0.3) is 11.0 Å². The number of nitrogens with one attached hydrogen (secondary N) is 1. The van der Waals surface area contributed by atoms with Gasteiger partial charge in [0.25, 0.3) is 0 Å². The van der Waals surface area contributed by atoms with Gasteiger partial charge in [0.15, 0.2) is 0 Å². The number of hydrogen-bond donors (Lipinski definition) is 1. The van der Waals surface area contributed by atoms with E-state index in [0.717, 1.165) is 43.1 Å². The first-order chi connectivity index (χ1) is 15.9. The number of fused-ring (bicyclic) bond motifs is 1. The molecule has 2 heterocycles. The van der Waals surface area contributed by atoms with Crippen LogP contribution in [0, 0.1) is 5.92 Å². The molecule has 33 heavy (non-hydrogen) atoms. The lowest BCUT2D eigenvalue weighted by Gasteiger charge is -2.26. The van der Waals surface area contributed by atoms with E-state index in [0.29, 0.717) is 44.7 Å².